The number of carbonyl (C=O) groups is 2. The molecule has 2 amide bonds. The molecule has 0 spiro atoms. The van der Waals surface area contributed by atoms with Crippen molar-refractivity contribution in [3.8, 4) is 0 Å². The van der Waals surface area contributed by atoms with E-state index in [9.17, 15) is 22.8 Å². The van der Waals surface area contributed by atoms with Gasteiger partial charge < -0.3 is 19.5 Å². The summed E-state index contributed by atoms with van der Waals surface area (Å²) in [6.07, 6.45) is -1.03. The van der Waals surface area contributed by atoms with Crippen LogP contribution in [0.2, 0.25) is 0 Å². The molecule has 39 heavy (non-hydrogen) atoms. The first-order chi connectivity index (χ1) is 18.6. The smallest absolute Gasteiger partial charge is 0.409 e. The van der Waals surface area contributed by atoms with Crippen molar-refractivity contribution in [1.82, 2.24) is 24.7 Å². The van der Waals surface area contributed by atoms with Crippen molar-refractivity contribution < 1.29 is 27.5 Å². The number of methoxy groups -OCH3 is 1. The SMILES string of the molecule is COC(=O)N1CCc2nc(C)n(C3CC4CCC(C3)N4CC[C@H](NC(=O)CC(F)(F)F)c3ccccc3)c2C1. The number of amides is 2. The third-order valence-electron chi connectivity index (χ3n) is 8.46. The van der Waals surface area contributed by atoms with Crippen molar-refractivity contribution in [2.24, 2.45) is 0 Å². The van der Waals surface area contributed by atoms with Crippen molar-refractivity contribution in [2.45, 2.75) is 88.8 Å². The predicted molar refractivity (Wildman–Crippen MR) is 138 cm³/mol. The number of fused-ring (bicyclic) bond motifs is 3. The highest BCUT2D eigenvalue weighted by atomic mass is 19.4. The van der Waals surface area contributed by atoms with Gasteiger partial charge in [0.25, 0.3) is 0 Å². The minimum Gasteiger partial charge on any atom is -0.453 e. The van der Waals surface area contributed by atoms with Crippen molar-refractivity contribution in [1.29, 1.82) is 0 Å². The van der Waals surface area contributed by atoms with Gasteiger partial charge in [-0.05, 0) is 44.6 Å². The van der Waals surface area contributed by atoms with E-state index in [1.807, 2.05) is 37.3 Å². The van der Waals surface area contributed by atoms with E-state index in [0.29, 0.717) is 44.6 Å². The molecule has 5 rings (SSSR count). The highest BCUT2D eigenvalue weighted by Gasteiger charge is 2.43. The summed E-state index contributed by atoms with van der Waals surface area (Å²) < 4.78 is 45.7. The molecule has 8 nitrogen and oxygen atoms in total. The zero-order chi connectivity index (χ0) is 27.7. The monoisotopic (exact) mass is 547 g/mol. The molecular formula is C28H36F3N5O3. The Kier molecular flexibility index (Phi) is 7.89. The van der Waals surface area contributed by atoms with E-state index >= 15 is 0 Å². The number of benzene rings is 1. The van der Waals surface area contributed by atoms with E-state index in [1.54, 1.807) is 4.90 Å². The number of halogens is 3. The van der Waals surface area contributed by atoms with Crippen LogP contribution in [0.3, 0.4) is 0 Å². The maximum Gasteiger partial charge on any atom is 0.409 e. The number of carbonyl (C=O) groups excluding carboxylic acids is 2. The van der Waals surface area contributed by atoms with E-state index in [-0.39, 0.29) is 12.1 Å². The molecule has 1 N–H and O–H groups in total. The lowest BCUT2D eigenvalue weighted by Gasteiger charge is -2.41. The number of hydrogen-bond acceptors (Lipinski definition) is 5. The molecule has 3 aliphatic rings. The molecule has 2 saturated heterocycles. The Labute approximate surface area is 226 Å². The summed E-state index contributed by atoms with van der Waals surface area (Å²) in [6, 6.07) is 9.73. The molecule has 3 atom stereocenters. The van der Waals surface area contributed by atoms with Gasteiger partial charge in [-0.25, -0.2) is 9.78 Å². The fourth-order valence-corrected chi connectivity index (χ4v) is 6.82. The second kappa shape index (κ2) is 11.2. The van der Waals surface area contributed by atoms with Gasteiger partial charge in [0.05, 0.1) is 31.1 Å². The molecule has 3 aliphatic heterocycles. The average molecular weight is 548 g/mol. The van der Waals surface area contributed by atoms with Gasteiger partial charge in [-0.15, -0.1) is 0 Å². The largest absolute Gasteiger partial charge is 0.453 e. The topological polar surface area (TPSA) is 79.7 Å². The van der Waals surface area contributed by atoms with E-state index in [0.717, 1.165) is 48.5 Å². The minimum atomic E-state index is -4.54. The van der Waals surface area contributed by atoms with Crippen LogP contribution in [-0.4, -0.2) is 69.8 Å². The fourth-order valence-electron chi connectivity index (χ4n) is 6.82. The van der Waals surface area contributed by atoms with Gasteiger partial charge in [0.15, 0.2) is 0 Å². The van der Waals surface area contributed by atoms with Gasteiger partial charge in [0, 0.05) is 37.6 Å². The van der Waals surface area contributed by atoms with E-state index < -0.39 is 24.5 Å². The van der Waals surface area contributed by atoms with Crippen LogP contribution >= 0.6 is 0 Å². The number of nitrogens with one attached hydrogen (secondary N) is 1. The molecule has 0 radical (unpaired) electrons. The second-order valence-electron chi connectivity index (χ2n) is 10.9. The normalized spacial score (nSPS) is 23.8. The molecule has 11 heteroatoms. The minimum absolute atomic E-state index is 0.281. The van der Waals surface area contributed by atoms with Crippen LogP contribution in [0.5, 0.6) is 0 Å². The van der Waals surface area contributed by atoms with Gasteiger partial charge in [0.2, 0.25) is 5.91 Å². The molecule has 212 valence electrons. The Morgan fingerprint density at radius 1 is 1.13 bits per heavy atom. The Morgan fingerprint density at radius 3 is 2.46 bits per heavy atom. The predicted octanol–water partition coefficient (Wildman–Crippen LogP) is 4.68. The van der Waals surface area contributed by atoms with Gasteiger partial charge in [0.1, 0.15) is 12.2 Å². The first-order valence-electron chi connectivity index (χ1n) is 13.7. The number of nitrogens with zero attached hydrogens (tertiary/aromatic N) is 4. The number of ether oxygens (including phenoxy) is 1. The summed E-state index contributed by atoms with van der Waals surface area (Å²) >= 11 is 0. The van der Waals surface area contributed by atoms with Crippen molar-refractivity contribution >= 4 is 12.0 Å². The number of hydrogen-bond donors (Lipinski definition) is 1. The molecule has 4 heterocycles. The lowest BCUT2D eigenvalue weighted by Crippen LogP contribution is -2.45. The van der Waals surface area contributed by atoms with Crippen LogP contribution in [0.1, 0.15) is 73.4 Å². The lowest BCUT2D eigenvalue weighted by molar-refractivity contribution is -0.154. The third kappa shape index (κ3) is 6.08. The number of aromatic nitrogens is 2. The van der Waals surface area contributed by atoms with Crippen LogP contribution in [-0.2, 0) is 22.5 Å². The summed E-state index contributed by atoms with van der Waals surface area (Å²) in [6.45, 7) is 3.82. The third-order valence-corrected chi connectivity index (χ3v) is 8.46. The van der Waals surface area contributed by atoms with Gasteiger partial charge >= 0.3 is 12.3 Å². The average Bonchev–Trinajstić information content (AvgIpc) is 3.35. The van der Waals surface area contributed by atoms with Crippen LogP contribution in [0, 0.1) is 6.92 Å². The summed E-state index contributed by atoms with van der Waals surface area (Å²) in [7, 11) is 1.40. The summed E-state index contributed by atoms with van der Waals surface area (Å²) in [5.74, 6) is -0.0273. The quantitative estimate of drug-likeness (QED) is 0.545. The molecule has 1 aromatic heterocycles. The zero-order valence-electron chi connectivity index (χ0n) is 22.4. The standard InChI is InChI=1S/C28H36F3N5O3/c1-18-32-24-10-12-34(27(38)39-2)17-25(24)36(18)22-14-20-8-9-21(15-22)35(20)13-11-23(19-6-4-3-5-7-19)33-26(37)16-28(29,30)31/h3-7,20-23H,8-17H2,1-2H3,(H,33,37)/t20?,21?,22?,23-/m0/s1. The van der Waals surface area contributed by atoms with E-state index in [4.69, 9.17) is 9.72 Å². The van der Waals surface area contributed by atoms with Crippen LogP contribution in [0.25, 0.3) is 0 Å². The number of rotatable bonds is 7. The maximum absolute atomic E-state index is 12.8. The first kappa shape index (κ1) is 27.5. The number of aryl methyl sites for hydroxylation is 1. The number of imidazole rings is 1. The van der Waals surface area contributed by atoms with E-state index in [1.165, 1.54) is 7.11 Å². The Morgan fingerprint density at radius 2 is 1.82 bits per heavy atom. The van der Waals surface area contributed by atoms with Crippen molar-refractivity contribution in [2.75, 3.05) is 20.2 Å². The number of alkyl halides is 3. The van der Waals surface area contributed by atoms with Gasteiger partial charge in [-0.3, -0.25) is 9.69 Å². The molecule has 0 saturated carbocycles. The molecule has 2 fully saturated rings. The maximum atomic E-state index is 12.8. The van der Waals surface area contributed by atoms with Gasteiger partial charge in [-0.2, -0.15) is 13.2 Å². The fraction of sp³-hybridized carbons (Fsp3) is 0.607. The summed E-state index contributed by atoms with van der Waals surface area (Å²) in [5.41, 5.74) is 2.97. The first-order valence-corrected chi connectivity index (χ1v) is 13.7. The highest BCUT2D eigenvalue weighted by molar-refractivity contribution is 5.77. The molecule has 0 aliphatic carbocycles. The Bertz CT molecular complexity index is 1170. The lowest BCUT2D eigenvalue weighted by atomic mass is 9.95. The van der Waals surface area contributed by atoms with Crippen molar-refractivity contribution in [3.05, 3.63) is 53.1 Å². The second-order valence-corrected chi connectivity index (χ2v) is 10.9. The molecule has 2 aromatic rings. The zero-order valence-corrected chi connectivity index (χ0v) is 22.4. The Hall–Kier alpha value is -3.08. The van der Waals surface area contributed by atoms with Crippen LogP contribution in [0.15, 0.2) is 30.3 Å². The molecular weight excluding hydrogens is 511 g/mol. The molecule has 2 unspecified atom stereocenters. The highest BCUT2D eigenvalue weighted by Crippen LogP contribution is 2.43. The van der Waals surface area contributed by atoms with E-state index in [2.05, 4.69) is 14.8 Å². The Balaban J connectivity index is 1.27. The number of piperidine rings is 1. The van der Waals surface area contributed by atoms with Crippen LogP contribution in [0.4, 0.5) is 18.0 Å². The van der Waals surface area contributed by atoms with Gasteiger partial charge in [-0.1, -0.05) is 30.3 Å². The summed E-state index contributed by atoms with van der Waals surface area (Å²) in [5, 5.41) is 2.63. The summed E-state index contributed by atoms with van der Waals surface area (Å²) in [4.78, 5) is 33.4. The van der Waals surface area contributed by atoms with Crippen LogP contribution < -0.4 is 5.32 Å². The van der Waals surface area contributed by atoms with Crippen molar-refractivity contribution in [3.63, 3.8) is 0 Å². The molecule has 2 bridgehead atoms. The molecule has 1 aromatic carbocycles.